The van der Waals surface area contributed by atoms with Gasteiger partial charge in [-0.3, -0.25) is 9.59 Å². The maximum atomic E-state index is 12.0. The van der Waals surface area contributed by atoms with Gasteiger partial charge in [0.2, 0.25) is 0 Å². The molecule has 2 rings (SSSR count). The second-order valence-electron chi connectivity index (χ2n) is 4.25. The largest absolute Gasteiger partial charge is 0.395 e. The molecule has 2 aromatic heterocycles. The van der Waals surface area contributed by atoms with E-state index in [1.807, 2.05) is 6.92 Å². The normalized spacial score (nSPS) is 10.0. The molecule has 21 heavy (non-hydrogen) atoms. The molecule has 2 heterocycles. The molecular formula is C14H14N2O3S2. The van der Waals surface area contributed by atoms with E-state index in [0.717, 1.165) is 21.8 Å². The Morgan fingerprint density at radius 3 is 3.00 bits per heavy atom. The summed E-state index contributed by atoms with van der Waals surface area (Å²) >= 11 is 2.39. The second kappa shape index (κ2) is 7.22. The predicted molar refractivity (Wildman–Crippen MR) is 83.7 cm³/mol. The van der Waals surface area contributed by atoms with Crippen LogP contribution in [0.25, 0.3) is 0 Å². The number of carbonyl (C=O) groups is 1. The number of H-pyrrole nitrogens is 1. The lowest BCUT2D eigenvalue weighted by Crippen LogP contribution is -2.22. The Morgan fingerprint density at radius 1 is 1.52 bits per heavy atom. The number of rotatable bonds is 4. The van der Waals surface area contributed by atoms with Crippen molar-refractivity contribution in [2.24, 2.45) is 0 Å². The molecule has 0 unspecified atom stereocenters. The maximum Gasteiger partial charge on any atom is 0.304 e. The van der Waals surface area contributed by atoms with Gasteiger partial charge >= 0.3 is 4.87 Å². The summed E-state index contributed by atoms with van der Waals surface area (Å²) in [4.78, 5) is 27.0. The van der Waals surface area contributed by atoms with Crippen LogP contribution in [0.15, 0.2) is 16.2 Å². The van der Waals surface area contributed by atoms with Crippen LogP contribution in [0.4, 0.5) is 0 Å². The van der Waals surface area contributed by atoms with Crippen molar-refractivity contribution in [1.82, 2.24) is 10.3 Å². The van der Waals surface area contributed by atoms with Gasteiger partial charge in [-0.2, -0.15) is 0 Å². The van der Waals surface area contributed by atoms with E-state index in [-0.39, 0.29) is 17.4 Å². The summed E-state index contributed by atoms with van der Waals surface area (Å²) in [6.07, 6.45) is 0.421. The summed E-state index contributed by atoms with van der Waals surface area (Å²) in [6, 6.07) is 1.79. The molecule has 0 fully saturated rings. The number of aliphatic hydroxyl groups excluding tert-OH is 1. The summed E-state index contributed by atoms with van der Waals surface area (Å²) in [7, 11) is 0. The first kappa shape index (κ1) is 15.5. The SMILES string of the molecule is Cc1cc(C(=O)NCc2csc(=O)[nH]2)sc1C#CCCO. The van der Waals surface area contributed by atoms with Crippen LogP contribution in [0.2, 0.25) is 0 Å². The molecule has 0 spiro atoms. The van der Waals surface area contributed by atoms with Crippen LogP contribution in [0, 0.1) is 18.8 Å². The van der Waals surface area contributed by atoms with Gasteiger partial charge in [-0.05, 0) is 18.6 Å². The van der Waals surface area contributed by atoms with E-state index in [9.17, 15) is 9.59 Å². The Kier molecular flexibility index (Phi) is 5.33. The van der Waals surface area contributed by atoms with Crippen molar-refractivity contribution in [2.75, 3.05) is 6.61 Å². The van der Waals surface area contributed by atoms with Crippen molar-refractivity contribution < 1.29 is 9.90 Å². The number of nitrogens with one attached hydrogen (secondary N) is 2. The molecule has 2 aromatic rings. The first-order valence-electron chi connectivity index (χ1n) is 6.25. The first-order chi connectivity index (χ1) is 10.1. The molecule has 0 aliphatic heterocycles. The van der Waals surface area contributed by atoms with Crippen LogP contribution >= 0.6 is 22.7 Å². The molecule has 0 saturated carbocycles. The third kappa shape index (κ3) is 4.29. The highest BCUT2D eigenvalue weighted by atomic mass is 32.1. The molecule has 0 aliphatic rings. The third-order valence-corrected chi connectivity index (χ3v) is 4.46. The van der Waals surface area contributed by atoms with Gasteiger partial charge in [0.25, 0.3) is 5.91 Å². The Morgan fingerprint density at radius 2 is 2.33 bits per heavy atom. The van der Waals surface area contributed by atoms with Gasteiger partial charge in [-0.15, -0.1) is 11.3 Å². The minimum absolute atomic E-state index is 0.0314. The number of thiazole rings is 1. The Bertz CT molecular complexity index is 746. The molecule has 5 nitrogen and oxygen atoms in total. The fourth-order valence-electron chi connectivity index (χ4n) is 1.58. The zero-order valence-corrected chi connectivity index (χ0v) is 13.0. The van der Waals surface area contributed by atoms with Crippen LogP contribution < -0.4 is 10.2 Å². The van der Waals surface area contributed by atoms with Gasteiger partial charge < -0.3 is 15.4 Å². The molecule has 3 N–H and O–H groups in total. The number of aromatic nitrogens is 1. The monoisotopic (exact) mass is 322 g/mol. The Balaban J connectivity index is 2.01. The highest BCUT2D eigenvalue weighted by Gasteiger charge is 2.11. The van der Waals surface area contributed by atoms with Gasteiger partial charge in [0, 0.05) is 17.5 Å². The van der Waals surface area contributed by atoms with Crippen molar-refractivity contribution in [1.29, 1.82) is 0 Å². The van der Waals surface area contributed by atoms with E-state index >= 15 is 0 Å². The average molecular weight is 322 g/mol. The molecular weight excluding hydrogens is 308 g/mol. The van der Waals surface area contributed by atoms with Crippen molar-refractivity contribution >= 4 is 28.6 Å². The van der Waals surface area contributed by atoms with Crippen molar-refractivity contribution in [3.8, 4) is 11.8 Å². The smallest absolute Gasteiger partial charge is 0.304 e. The van der Waals surface area contributed by atoms with Gasteiger partial charge in [-0.1, -0.05) is 23.2 Å². The van der Waals surface area contributed by atoms with Crippen LogP contribution in [0.5, 0.6) is 0 Å². The number of carbonyl (C=O) groups excluding carboxylic acids is 1. The quantitative estimate of drug-likeness (QED) is 0.746. The van der Waals surface area contributed by atoms with E-state index in [1.165, 1.54) is 11.3 Å². The second-order valence-corrected chi connectivity index (χ2v) is 6.15. The zero-order chi connectivity index (χ0) is 15.2. The number of thiophene rings is 1. The van der Waals surface area contributed by atoms with Crippen molar-refractivity contribution in [3.05, 3.63) is 42.1 Å². The molecule has 110 valence electrons. The average Bonchev–Trinajstić information content (AvgIpc) is 3.03. The molecule has 0 atom stereocenters. The number of aromatic amines is 1. The molecule has 1 amide bonds. The lowest BCUT2D eigenvalue weighted by molar-refractivity contribution is 0.0954. The highest BCUT2D eigenvalue weighted by Crippen LogP contribution is 2.21. The number of aliphatic hydroxyl groups is 1. The maximum absolute atomic E-state index is 12.0. The fourth-order valence-corrected chi connectivity index (χ4v) is 3.13. The van der Waals surface area contributed by atoms with Gasteiger partial charge in [0.05, 0.1) is 22.9 Å². The van der Waals surface area contributed by atoms with Crippen molar-refractivity contribution in [2.45, 2.75) is 19.9 Å². The molecule has 0 radical (unpaired) electrons. The topological polar surface area (TPSA) is 82.2 Å². The lowest BCUT2D eigenvalue weighted by Gasteiger charge is -2.00. The fraction of sp³-hybridized carbons (Fsp3) is 0.286. The summed E-state index contributed by atoms with van der Waals surface area (Å²) in [6.45, 7) is 2.22. The van der Waals surface area contributed by atoms with E-state index in [2.05, 4.69) is 22.1 Å². The third-order valence-electron chi connectivity index (χ3n) is 2.59. The number of aryl methyl sites for hydroxylation is 1. The van der Waals surface area contributed by atoms with Crippen LogP contribution in [0.1, 0.15) is 32.2 Å². The minimum atomic E-state index is -0.189. The van der Waals surface area contributed by atoms with Crippen molar-refractivity contribution in [3.63, 3.8) is 0 Å². The molecule has 0 saturated heterocycles. The Hall–Kier alpha value is -1.88. The van der Waals surface area contributed by atoms with Gasteiger partial charge in [0.15, 0.2) is 0 Å². The number of hydrogen-bond donors (Lipinski definition) is 3. The van der Waals surface area contributed by atoms with E-state index in [1.54, 1.807) is 11.4 Å². The van der Waals surface area contributed by atoms with Crippen LogP contribution in [-0.2, 0) is 6.54 Å². The number of hydrogen-bond acceptors (Lipinski definition) is 5. The summed E-state index contributed by atoms with van der Waals surface area (Å²) in [5.74, 6) is 5.60. The lowest BCUT2D eigenvalue weighted by atomic mass is 10.2. The van der Waals surface area contributed by atoms with E-state index < -0.39 is 0 Å². The predicted octanol–water partition coefficient (Wildman–Crippen LogP) is 1.47. The van der Waals surface area contributed by atoms with Gasteiger partial charge in [-0.25, -0.2) is 0 Å². The minimum Gasteiger partial charge on any atom is -0.395 e. The molecule has 0 aromatic carbocycles. The first-order valence-corrected chi connectivity index (χ1v) is 7.95. The van der Waals surface area contributed by atoms with E-state index in [4.69, 9.17) is 5.11 Å². The molecule has 7 heteroatoms. The standard InChI is InChI=1S/C14H14N2O3S2/c1-9-6-12(21-11(9)4-2-3-5-17)13(18)15-7-10-8-20-14(19)16-10/h6,8,17H,3,5,7H2,1H3,(H,15,18)(H,16,19). The van der Waals surface area contributed by atoms with Gasteiger partial charge in [0.1, 0.15) is 0 Å². The summed E-state index contributed by atoms with van der Waals surface area (Å²) in [5, 5.41) is 13.1. The Labute approximate surface area is 129 Å². The van der Waals surface area contributed by atoms with Crippen LogP contribution in [0.3, 0.4) is 0 Å². The highest BCUT2D eigenvalue weighted by molar-refractivity contribution is 7.14. The van der Waals surface area contributed by atoms with E-state index in [0.29, 0.717) is 23.5 Å². The van der Waals surface area contributed by atoms with Crippen LogP contribution in [-0.4, -0.2) is 22.6 Å². The molecule has 0 aliphatic carbocycles. The summed E-state index contributed by atoms with van der Waals surface area (Å²) < 4.78 is 0. The summed E-state index contributed by atoms with van der Waals surface area (Å²) in [5.41, 5.74) is 1.63. The molecule has 0 bridgehead atoms. The zero-order valence-electron chi connectivity index (χ0n) is 11.4. The number of amides is 1.